The van der Waals surface area contributed by atoms with E-state index in [0.717, 1.165) is 32.8 Å². The van der Waals surface area contributed by atoms with Gasteiger partial charge >= 0.3 is 5.97 Å². The molecule has 0 aliphatic carbocycles. The monoisotopic (exact) mass is 380 g/mol. The fourth-order valence-electron chi connectivity index (χ4n) is 3.12. The van der Waals surface area contributed by atoms with E-state index >= 15 is 0 Å². The molecule has 6 heteroatoms. The van der Waals surface area contributed by atoms with Crippen LogP contribution in [0.25, 0.3) is 0 Å². The molecule has 1 fully saturated rings. The lowest BCUT2D eigenvalue weighted by molar-refractivity contribution is -0.142. The SMILES string of the molecule is Cc1cnccc1C(c1ccc(Br)s1)N1CCCC1C(=O)O. The molecule has 2 aromatic rings. The highest BCUT2D eigenvalue weighted by atomic mass is 79.9. The topological polar surface area (TPSA) is 53.4 Å². The minimum atomic E-state index is -0.732. The van der Waals surface area contributed by atoms with Crippen LogP contribution in [0.1, 0.15) is 34.9 Å². The summed E-state index contributed by atoms with van der Waals surface area (Å²) in [5, 5.41) is 9.54. The van der Waals surface area contributed by atoms with E-state index < -0.39 is 12.0 Å². The number of rotatable bonds is 4. The van der Waals surface area contributed by atoms with Crippen LogP contribution >= 0.6 is 27.3 Å². The molecule has 2 aromatic heterocycles. The zero-order valence-electron chi connectivity index (χ0n) is 12.2. The van der Waals surface area contributed by atoms with Gasteiger partial charge in [0.15, 0.2) is 0 Å². The molecular weight excluding hydrogens is 364 g/mol. The van der Waals surface area contributed by atoms with Crippen molar-refractivity contribution in [3.8, 4) is 0 Å². The Bertz CT molecular complexity index is 688. The Morgan fingerprint density at radius 3 is 2.95 bits per heavy atom. The molecule has 3 heterocycles. The molecule has 0 bridgehead atoms. The van der Waals surface area contributed by atoms with E-state index in [1.807, 2.05) is 25.3 Å². The Morgan fingerprint density at radius 2 is 2.32 bits per heavy atom. The summed E-state index contributed by atoms with van der Waals surface area (Å²) in [5.41, 5.74) is 2.23. The van der Waals surface area contributed by atoms with Crippen LogP contribution in [0.2, 0.25) is 0 Å². The number of hydrogen-bond donors (Lipinski definition) is 1. The maximum Gasteiger partial charge on any atom is 0.320 e. The summed E-state index contributed by atoms with van der Waals surface area (Å²) in [4.78, 5) is 19.1. The van der Waals surface area contributed by atoms with E-state index in [9.17, 15) is 9.90 Å². The van der Waals surface area contributed by atoms with Crippen molar-refractivity contribution in [1.82, 2.24) is 9.88 Å². The molecule has 0 radical (unpaired) electrons. The van der Waals surface area contributed by atoms with Gasteiger partial charge in [-0.1, -0.05) is 0 Å². The van der Waals surface area contributed by atoms with E-state index in [-0.39, 0.29) is 6.04 Å². The Hall–Kier alpha value is -1.24. The maximum absolute atomic E-state index is 11.6. The van der Waals surface area contributed by atoms with Crippen molar-refractivity contribution < 1.29 is 9.90 Å². The van der Waals surface area contributed by atoms with Gasteiger partial charge in [-0.25, -0.2) is 0 Å². The average Bonchev–Trinajstić information content (AvgIpc) is 3.11. The van der Waals surface area contributed by atoms with E-state index in [4.69, 9.17) is 0 Å². The summed E-state index contributed by atoms with van der Waals surface area (Å²) < 4.78 is 1.06. The van der Waals surface area contributed by atoms with Crippen LogP contribution in [0.4, 0.5) is 0 Å². The molecule has 116 valence electrons. The van der Waals surface area contributed by atoms with Crippen LogP contribution in [0, 0.1) is 6.92 Å². The Labute approximate surface area is 141 Å². The number of aryl methyl sites for hydroxylation is 1. The molecule has 3 rings (SSSR count). The predicted molar refractivity (Wildman–Crippen MR) is 90.2 cm³/mol. The van der Waals surface area contributed by atoms with Crippen molar-refractivity contribution in [3.63, 3.8) is 0 Å². The number of hydrogen-bond acceptors (Lipinski definition) is 4. The first-order valence-corrected chi connectivity index (χ1v) is 8.83. The maximum atomic E-state index is 11.6. The summed E-state index contributed by atoms with van der Waals surface area (Å²) in [5.74, 6) is -0.732. The zero-order valence-corrected chi connectivity index (χ0v) is 14.6. The Balaban J connectivity index is 2.07. The van der Waals surface area contributed by atoms with Gasteiger partial charge in [0, 0.05) is 23.8 Å². The van der Waals surface area contributed by atoms with Crippen molar-refractivity contribution in [2.24, 2.45) is 0 Å². The third-order valence-corrected chi connectivity index (χ3v) is 5.81. The lowest BCUT2D eigenvalue weighted by atomic mass is 9.99. The van der Waals surface area contributed by atoms with Crippen molar-refractivity contribution in [2.75, 3.05) is 6.54 Å². The Kier molecular flexibility index (Phi) is 4.61. The first-order valence-electron chi connectivity index (χ1n) is 7.22. The molecule has 1 saturated heterocycles. The van der Waals surface area contributed by atoms with Gasteiger partial charge in [0.25, 0.3) is 0 Å². The van der Waals surface area contributed by atoms with Crippen molar-refractivity contribution >= 4 is 33.2 Å². The summed E-state index contributed by atoms with van der Waals surface area (Å²) >= 11 is 5.18. The van der Waals surface area contributed by atoms with Crippen LogP contribution in [0.15, 0.2) is 34.4 Å². The number of halogens is 1. The standard InChI is InChI=1S/C16H17BrN2O2S/c1-10-9-18-7-6-11(10)15(13-4-5-14(17)22-13)19-8-2-3-12(19)16(20)21/h4-7,9,12,15H,2-3,8H2,1H3,(H,20,21). The van der Waals surface area contributed by atoms with Gasteiger partial charge in [-0.05, 0) is 65.0 Å². The number of aliphatic carboxylic acids is 1. The lowest BCUT2D eigenvalue weighted by Gasteiger charge is -2.31. The van der Waals surface area contributed by atoms with Gasteiger partial charge < -0.3 is 5.11 Å². The second kappa shape index (κ2) is 6.48. The molecule has 1 N–H and O–H groups in total. The third kappa shape index (κ3) is 2.95. The van der Waals surface area contributed by atoms with Gasteiger partial charge in [0.2, 0.25) is 0 Å². The number of likely N-dealkylation sites (tertiary alicyclic amines) is 1. The molecule has 2 atom stereocenters. The first-order chi connectivity index (χ1) is 10.6. The molecule has 22 heavy (non-hydrogen) atoms. The second-order valence-electron chi connectivity index (χ2n) is 5.51. The van der Waals surface area contributed by atoms with Gasteiger partial charge in [0.1, 0.15) is 6.04 Å². The van der Waals surface area contributed by atoms with Crippen LogP contribution in [0.3, 0.4) is 0 Å². The van der Waals surface area contributed by atoms with Crippen molar-refractivity contribution in [2.45, 2.75) is 31.8 Å². The molecule has 1 aliphatic heterocycles. The molecule has 2 unspecified atom stereocenters. The lowest BCUT2D eigenvalue weighted by Crippen LogP contribution is -2.39. The van der Waals surface area contributed by atoms with E-state index in [1.54, 1.807) is 17.5 Å². The van der Waals surface area contributed by atoms with E-state index in [0.29, 0.717) is 6.42 Å². The minimum absolute atomic E-state index is 0.0251. The Morgan fingerprint density at radius 1 is 1.50 bits per heavy atom. The second-order valence-corrected chi connectivity index (χ2v) is 8.01. The highest BCUT2D eigenvalue weighted by Crippen LogP contribution is 2.40. The van der Waals surface area contributed by atoms with Crippen LogP contribution in [-0.2, 0) is 4.79 Å². The van der Waals surface area contributed by atoms with Gasteiger partial charge in [0.05, 0.1) is 9.83 Å². The number of carboxylic acids is 1. The fourth-order valence-corrected chi connectivity index (χ4v) is 4.69. The van der Waals surface area contributed by atoms with Gasteiger partial charge in [-0.15, -0.1) is 11.3 Å². The summed E-state index contributed by atoms with van der Waals surface area (Å²) in [6.45, 7) is 2.84. The minimum Gasteiger partial charge on any atom is -0.480 e. The van der Waals surface area contributed by atoms with E-state index in [2.05, 4.69) is 31.9 Å². The van der Waals surface area contributed by atoms with Crippen LogP contribution < -0.4 is 0 Å². The highest BCUT2D eigenvalue weighted by Gasteiger charge is 2.37. The molecule has 0 spiro atoms. The number of aromatic nitrogens is 1. The van der Waals surface area contributed by atoms with Crippen LogP contribution in [0.5, 0.6) is 0 Å². The highest BCUT2D eigenvalue weighted by molar-refractivity contribution is 9.11. The van der Waals surface area contributed by atoms with Gasteiger partial charge in [-0.2, -0.15) is 0 Å². The average molecular weight is 381 g/mol. The summed E-state index contributed by atoms with van der Waals surface area (Å²) in [6.07, 6.45) is 5.26. The molecule has 0 saturated carbocycles. The summed E-state index contributed by atoms with van der Waals surface area (Å²) in [7, 11) is 0. The molecule has 0 amide bonds. The largest absolute Gasteiger partial charge is 0.480 e. The van der Waals surface area contributed by atoms with E-state index in [1.165, 1.54) is 0 Å². The zero-order chi connectivity index (χ0) is 15.7. The molecule has 0 aromatic carbocycles. The van der Waals surface area contributed by atoms with Crippen LogP contribution in [-0.4, -0.2) is 33.5 Å². The number of carboxylic acid groups (broad SMARTS) is 1. The quantitative estimate of drug-likeness (QED) is 0.874. The molecular formula is C16H17BrN2O2S. The number of nitrogens with zero attached hydrogens (tertiary/aromatic N) is 2. The smallest absolute Gasteiger partial charge is 0.320 e. The number of carbonyl (C=O) groups is 1. The normalized spacial score (nSPS) is 20.2. The van der Waals surface area contributed by atoms with Gasteiger partial charge in [-0.3, -0.25) is 14.7 Å². The van der Waals surface area contributed by atoms with Crippen molar-refractivity contribution in [1.29, 1.82) is 0 Å². The molecule has 1 aliphatic rings. The van der Waals surface area contributed by atoms with Crippen molar-refractivity contribution in [3.05, 3.63) is 50.4 Å². The first kappa shape index (κ1) is 15.6. The number of thiophene rings is 1. The third-order valence-electron chi connectivity index (χ3n) is 4.13. The number of pyridine rings is 1. The fraction of sp³-hybridized carbons (Fsp3) is 0.375. The summed E-state index contributed by atoms with van der Waals surface area (Å²) in [6, 6.07) is 5.66. The predicted octanol–water partition coefficient (Wildman–Crippen LogP) is 3.85. The molecule has 4 nitrogen and oxygen atoms in total.